The van der Waals surface area contributed by atoms with Crippen LogP contribution in [0.1, 0.15) is 35.7 Å². The minimum absolute atomic E-state index is 0.111. The highest BCUT2D eigenvalue weighted by molar-refractivity contribution is 6.14. The molecule has 2 aromatic carbocycles. The van der Waals surface area contributed by atoms with Crippen molar-refractivity contribution < 1.29 is 19.1 Å². The van der Waals surface area contributed by atoms with Crippen LogP contribution in [0.4, 0.5) is 5.69 Å². The maximum atomic E-state index is 13.9. The van der Waals surface area contributed by atoms with Crippen LogP contribution in [0.2, 0.25) is 0 Å². The lowest BCUT2D eigenvalue weighted by Crippen LogP contribution is -2.49. The molecule has 0 N–H and O–H groups in total. The van der Waals surface area contributed by atoms with E-state index >= 15 is 0 Å². The van der Waals surface area contributed by atoms with Crippen LogP contribution in [0.15, 0.2) is 60.7 Å². The predicted molar refractivity (Wildman–Crippen MR) is 124 cm³/mol. The zero-order valence-corrected chi connectivity index (χ0v) is 18.5. The third kappa shape index (κ3) is 3.00. The lowest BCUT2D eigenvalue weighted by atomic mass is 9.85. The Bertz CT molecular complexity index is 1170. The zero-order chi connectivity index (χ0) is 22.7. The topological polar surface area (TPSA) is 66.9 Å². The van der Waals surface area contributed by atoms with Gasteiger partial charge >= 0.3 is 0 Å². The summed E-state index contributed by atoms with van der Waals surface area (Å²) in [5, 5.41) is 0. The number of carbonyl (C=O) groups is 3. The maximum Gasteiger partial charge on any atom is 0.235 e. The Hall–Kier alpha value is -3.25. The largest absolute Gasteiger partial charge is 0.376 e. The molecular formula is C27H26N2O4. The molecule has 4 heterocycles. The Kier molecular flexibility index (Phi) is 4.73. The summed E-state index contributed by atoms with van der Waals surface area (Å²) in [6, 6.07) is 16.0. The van der Waals surface area contributed by atoms with Crippen LogP contribution in [0.25, 0.3) is 5.57 Å². The van der Waals surface area contributed by atoms with E-state index in [1.165, 1.54) is 4.90 Å². The van der Waals surface area contributed by atoms with Gasteiger partial charge in [0.1, 0.15) is 6.04 Å². The molecule has 0 aromatic heterocycles. The second kappa shape index (κ2) is 7.66. The van der Waals surface area contributed by atoms with Crippen LogP contribution in [-0.4, -0.2) is 53.8 Å². The van der Waals surface area contributed by atoms with E-state index in [-0.39, 0.29) is 36.3 Å². The summed E-state index contributed by atoms with van der Waals surface area (Å²) in [7, 11) is 0. The summed E-state index contributed by atoms with van der Waals surface area (Å²) in [6.45, 7) is 2.98. The molecule has 3 saturated heterocycles. The fourth-order valence-electron chi connectivity index (χ4n) is 6.10. The Morgan fingerprint density at radius 3 is 2.48 bits per heavy atom. The number of ether oxygens (including phenoxy) is 1. The first-order valence-corrected chi connectivity index (χ1v) is 11.7. The molecule has 4 aliphatic rings. The Morgan fingerprint density at radius 2 is 1.73 bits per heavy atom. The van der Waals surface area contributed by atoms with Crippen LogP contribution in [0, 0.1) is 11.8 Å². The van der Waals surface area contributed by atoms with Crippen molar-refractivity contribution in [3.63, 3.8) is 0 Å². The van der Waals surface area contributed by atoms with Crippen molar-refractivity contribution >= 4 is 28.9 Å². The average molecular weight is 443 g/mol. The van der Waals surface area contributed by atoms with Crippen molar-refractivity contribution in [3.05, 3.63) is 71.8 Å². The van der Waals surface area contributed by atoms with Gasteiger partial charge in [-0.15, -0.1) is 0 Å². The standard InChI is InChI=1S/C27H26N2O4/c1-16-14-21-22-23(27(32)28(26(22)31)15-18-10-7-13-33-18)24(25(30)17-8-3-2-4-9-17)29(21)20-12-6-5-11-19(16)20/h2-6,8-9,11-12,14,18,21-24H,7,10,13,15H2,1H3/t18-,21-,22-,23+,24-/m0/s1. The van der Waals surface area contributed by atoms with Crippen LogP contribution < -0.4 is 4.90 Å². The summed E-state index contributed by atoms with van der Waals surface area (Å²) in [5.41, 5.74) is 3.58. The van der Waals surface area contributed by atoms with Gasteiger partial charge in [0.25, 0.3) is 0 Å². The second-order valence-corrected chi connectivity index (χ2v) is 9.41. The predicted octanol–water partition coefficient (Wildman–Crippen LogP) is 3.32. The lowest BCUT2D eigenvalue weighted by molar-refractivity contribution is -0.142. The average Bonchev–Trinajstić information content (AvgIpc) is 3.53. The van der Waals surface area contributed by atoms with Crippen LogP contribution in [-0.2, 0) is 14.3 Å². The molecule has 168 valence electrons. The van der Waals surface area contributed by atoms with Gasteiger partial charge in [-0.3, -0.25) is 19.3 Å². The van der Waals surface area contributed by atoms with Crippen molar-refractivity contribution in [2.45, 2.75) is 38.0 Å². The van der Waals surface area contributed by atoms with E-state index in [0.29, 0.717) is 12.2 Å². The van der Waals surface area contributed by atoms with E-state index in [1.54, 1.807) is 12.1 Å². The summed E-state index contributed by atoms with van der Waals surface area (Å²) in [6.07, 6.45) is 3.75. The molecule has 0 bridgehead atoms. The monoisotopic (exact) mass is 442 g/mol. The van der Waals surface area contributed by atoms with E-state index < -0.39 is 17.9 Å². The molecule has 2 amide bonds. The SMILES string of the molecule is CC1=C[C@H]2[C@@H]3C(=O)N(C[C@@H]4CCCO4)C(=O)[C@H]3[C@@H](C(=O)c3ccccc3)N2c2ccccc21. The van der Waals surface area contributed by atoms with Gasteiger partial charge in [0, 0.05) is 23.4 Å². The number of Topliss-reactive ketones (excluding diaryl/α,β-unsaturated/α-hetero) is 1. The molecule has 6 heteroatoms. The number of hydrogen-bond donors (Lipinski definition) is 0. The van der Waals surface area contributed by atoms with Crippen LogP contribution >= 0.6 is 0 Å². The molecule has 0 saturated carbocycles. The maximum absolute atomic E-state index is 13.9. The molecule has 6 nitrogen and oxygen atoms in total. The normalized spacial score (nSPS) is 30.2. The molecular weight excluding hydrogens is 416 g/mol. The van der Waals surface area contributed by atoms with E-state index in [2.05, 4.69) is 6.08 Å². The quantitative estimate of drug-likeness (QED) is 0.537. The Labute approximate surface area is 192 Å². The number of carbonyl (C=O) groups excluding carboxylic acids is 3. The fourth-order valence-corrected chi connectivity index (χ4v) is 6.10. The van der Waals surface area contributed by atoms with E-state index in [1.807, 2.05) is 54.3 Å². The molecule has 0 spiro atoms. The minimum Gasteiger partial charge on any atom is -0.376 e. The molecule has 2 aromatic rings. The number of benzene rings is 2. The van der Waals surface area contributed by atoms with Gasteiger partial charge in [0.05, 0.1) is 30.5 Å². The summed E-state index contributed by atoms with van der Waals surface area (Å²) >= 11 is 0. The molecule has 0 radical (unpaired) electrons. The first-order chi connectivity index (χ1) is 16.1. The summed E-state index contributed by atoms with van der Waals surface area (Å²) < 4.78 is 5.71. The highest BCUT2D eigenvalue weighted by Crippen LogP contribution is 2.50. The number of para-hydroxylation sites is 1. The first-order valence-electron chi connectivity index (χ1n) is 11.7. The van der Waals surface area contributed by atoms with Crippen LogP contribution in [0.3, 0.4) is 0 Å². The smallest absolute Gasteiger partial charge is 0.235 e. The first kappa shape index (κ1) is 20.4. The van der Waals surface area contributed by atoms with Crippen LogP contribution in [0.5, 0.6) is 0 Å². The van der Waals surface area contributed by atoms with Crippen molar-refractivity contribution in [3.8, 4) is 0 Å². The molecule has 6 rings (SSSR count). The van der Waals surface area contributed by atoms with E-state index in [4.69, 9.17) is 4.74 Å². The fraction of sp³-hybridized carbons (Fsp3) is 0.370. The van der Waals surface area contributed by atoms with E-state index in [9.17, 15) is 14.4 Å². The number of imide groups is 1. The molecule has 0 aliphatic carbocycles. The number of hydrogen-bond acceptors (Lipinski definition) is 5. The summed E-state index contributed by atoms with van der Waals surface area (Å²) in [5.74, 6) is -1.81. The van der Waals surface area contributed by atoms with Gasteiger partial charge in [0.15, 0.2) is 5.78 Å². The molecule has 33 heavy (non-hydrogen) atoms. The molecule has 4 aliphatic heterocycles. The highest BCUT2D eigenvalue weighted by Gasteiger charge is 2.64. The summed E-state index contributed by atoms with van der Waals surface area (Å²) in [4.78, 5) is 44.6. The lowest BCUT2D eigenvalue weighted by Gasteiger charge is -2.38. The Balaban J connectivity index is 1.46. The van der Waals surface area contributed by atoms with Gasteiger partial charge in [-0.1, -0.05) is 54.6 Å². The molecule has 5 atom stereocenters. The number of anilines is 1. The van der Waals surface area contributed by atoms with Gasteiger partial charge in [-0.05, 0) is 31.4 Å². The van der Waals surface area contributed by atoms with Crippen molar-refractivity contribution in [2.24, 2.45) is 11.8 Å². The third-order valence-electron chi connectivity index (χ3n) is 7.58. The van der Waals surface area contributed by atoms with Gasteiger partial charge < -0.3 is 9.64 Å². The van der Waals surface area contributed by atoms with Crippen molar-refractivity contribution in [1.29, 1.82) is 0 Å². The number of fused-ring (bicyclic) bond motifs is 5. The number of amides is 2. The minimum atomic E-state index is -0.723. The zero-order valence-electron chi connectivity index (χ0n) is 18.5. The number of likely N-dealkylation sites (tertiary alicyclic amines) is 1. The van der Waals surface area contributed by atoms with E-state index in [0.717, 1.165) is 29.7 Å². The highest BCUT2D eigenvalue weighted by atomic mass is 16.5. The van der Waals surface area contributed by atoms with Crippen molar-refractivity contribution in [1.82, 2.24) is 4.90 Å². The number of nitrogens with zero attached hydrogens (tertiary/aromatic N) is 2. The number of rotatable bonds is 4. The van der Waals surface area contributed by atoms with Gasteiger partial charge in [-0.2, -0.15) is 0 Å². The molecule has 3 fully saturated rings. The van der Waals surface area contributed by atoms with Gasteiger partial charge in [0.2, 0.25) is 11.8 Å². The number of ketones is 1. The van der Waals surface area contributed by atoms with Crippen molar-refractivity contribution in [2.75, 3.05) is 18.1 Å². The molecule has 0 unspecified atom stereocenters. The van der Waals surface area contributed by atoms with Gasteiger partial charge in [-0.25, -0.2) is 0 Å². The number of allylic oxidation sites excluding steroid dienone is 1. The third-order valence-corrected chi connectivity index (χ3v) is 7.58. The second-order valence-electron chi connectivity index (χ2n) is 9.41. The Morgan fingerprint density at radius 1 is 1.00 bits per heavy atom.